The molecule has 0 saturated heterocycles. The third-order valence-corrected chi connectivity index (χ3v) is 4.33. The van der Waals surface area contributed by atoms with E-state index >= 15 is 0 Å². The largest absolute Gasteiger partial charge is 0.493 e. The first-order valence-corrected chi connectivity index (χ1v) is 9.70. The van der Waals surface area contributed by atoms with Crippen molar-refractivity contribution < 1.29 is 28.8 Å². The van der Waals surface area contributed by atoms with Crippen molar-refractivity contribution in [2.75, 3.05) is 27.4 Å². The molecule has 0 radical (unpaired) electrons. The molecule has 0 aliphatic carbocycles. The second kappa shape index (κ2) is 11.3. The monoisotopic (exact) mass is 402 g/mol. The minimum atomic E-state index is -0.653. The Balaban J connectivity index is 1.90. The van der Waals surface area contributed by atoms with Crippen LogP contribution >= 0.6 is 0 Å². The number of hydrogen-bond donors (Lipinski definition) is 1. The molecule has 6 heteroatoms. The second-order valence-electron chi connectivity index (χ2n) is 7.18. The van der Waals surface area contributed by atoms with Crippen LogP contribution in [0.15, 0.2) is 42.5 Å². The zero-order valence-electron chi connectivity index (χ0n) is 17.5. The molecule has 0 saturated carbocycles. The van der Waals surface area contributed by atoms with Crippen molar-refractivity contribution >= 4 is 5.97 Å². The summed E-state index contributed by atoms with van der Waals surface area (Å²) in [7, 11) is 3.20. The normalized spacial score (nSPS) is 11.8. The number of benzene rings is 2. The van der Waals surface area contributed by atoms with Gasteiger partial charge in [0.2, 0.25) is 0 Å². The zero-order chi connectivity index (χ0) is 21.2. The number of aliphatic hydroxyl groups excluding tert-OH is 1. The summed E-state index contributed by atoms with van der Waals surface area (Å²) in [5.74, 6) is 1.74. The molecule has 0 aliphatic rings. The summed E-state index contributed by atoms with van der Waals surface area (Å²) < 4.78 is 21.2. The van der Waals surface area contributed by atoms with E-state index in [4.69, 9.17) is 18.9 Å². The van der Waals surface area contributed by atoms with E-state index in [-0.39, 0.29) is 12.5 Å². The van der Waals surface area contributed by atoms with Gasteiger partial charge in [0, 0.05) is 0 Å². The van der Waals surface area contributed by atoms with Crippen LogP contribution in [0.3, 0.4) is 0 Å². The number of rotatable bonds is 11. The molecule has 0 aromatic heterocycles. The number of methoxy groups -OCH3 is 2. The number of aryl methyl sites for hydroxylation is 1. The third-order valence-electron chi connectivity index (χ3n) is 4.33. The molecule has 0 bridgehead atoms. The standard InChI is InChI=1S/C23H30O6/c1-16(2)14-29-23(25)15-28-19-7-5-6-18(13-19)20(24)10-8-17-9-11-21(26-3)22(12-17)27-4/h5-7,9,11-13,16,20,24H,8,10,14-15H2,1-4H3. The summed E-state index contributed by atoms with van der Waals surface area (Å²) >= 11 is 0. The maximum Gasteiger partial charge on any atom is 0.344 e. The van der Waals surface area contributed by atoms with Gasteiger partial charge in [0.25, 0.3) is 0 Å². The number of esters is 1. The van der Waals surface area contributed by atoms with E-state index in [0.29, 0.717) is 36.7 Å². The molecule has 2 aromatic rings. The molecule has 2 rings (SSSR count). The van der Waals surface area contributed by atoms with Gasteiger partial charge in [-0.05, 0) is 54.2 Å². The number of carbonyl (C=O) groups excluding carboxylic acids is 1. The van der Waals surface area contributed by atoms with E-state index < -0.39 is 12.1 Å². The fourth-order valence-corrected chi connectivity index (χ4v) is 2.76. The van der Waals surface area contributed by atoms with E-state index in [9.17, 15) is 9.90 Å². The van der Waals surface area contributed by atoms with E-state index in [0.717, 1.165) is 11.1 Å². The van der Waals surface area contributed by atoms with E-state index in [1.54, 1.807) is 32.4 Å². The summed E-state index contributed by atoms with van der Waals surface area (Å²) in [6.45, 7) is 4.16. The van der Waals surface area contributed by atoms with Crippen LogP contribution in [0.5, 0.6) is 17.2 Å². The van der Waals surface area contributed by atoms with Gasteiger partial charge in [-0.3, -0.25) is 0 Å². The van der Waals surface area contributed by atoms with Crippen LogP contribution in [0.1, 0.15) is 37.5 Å². The highest BCUT2D eigenvalue weighted by Crippen LogP contribution is 2.29. The summed E-state index contributed by atoms with van der Waals surface area (Å²) in [6, 6.07) is 12.8. The van der Waals surface area contributed by atoms with Gasteiger partial charge in [0.15, 0.2) is 18.1 Å². The van der Waals surface area contributed by atoms with Crippen LogP contribution < -0.4 is 14.2 Å². The Labute approximate surface area is 172 Å². The quantitative estimate of drug-likeness (QED) is 0.574. The number of hydrogen-bond acceptors (Lipinski definition) is 6. The average Bonchev–Trinajstić information content (AvgIpc) is 2.74. The van der Waals surface area contributed by atoms with E-state index in [2.05, 4.69) is 0 Å². The van der Waals surface area contributed by atoms with Crippen LogP contribution in [0.25, 0.3) is 0 Å². The van der Waals surface area contributed by atoms with Gasteiger partial charge in [0.1, 0.15) is 5.75 Å². The van der Waals surface area contributed by atoms with Gasteiger partial charge < -0.3 is 24.1 Å². The second-order valence-corrected chi connectivity index (χ2v) is 7.18. The van der Waals surface area contributed by atoms with Gasteiger partial charge in [-0.2, -0.15) is 0 Å². The molecular weight excluding hydrogens is 372 g/mol. The first-order valence-electron chi connectivity index (χ1n) is 9.70. The van der Waals surface area contributed by atoms with E-state index in [1.165, 1.54) is 0 Å². The van der Waals surface area contributed by atoms with Crippen LogP contribution in [0, 0.1) is 5.92 Å². The molecule has 0 aliphatic heterocycles. The molecule has 0 spiro atoms. The van der Waals surface area contributed by atoms with Crippen molar-refractivity contribution in [1.29, 1.82) is 0 Å². The molecule has 1 atom stereocenters. The fourth-order valence-electron chi connectivity index (χ4n) is 2.76. The molecule has 0 fully saturated rings. The Morgan fingerprint density at radius 2 is 1.79 bits per heavy atom. The van der Waals surface area contributed by atoms with Crippen molar-refractivity contribution in [1.82, 2.24) is 0 Å². The highest BCUT2D eigenvalue weighted by Gasteiger charge is 2.12. The molecule has 2 aromatic carbocycles. The van der Waals surface area contributed by atoms with Crippen molar-refractivity contribution in [2.45, 2.75) is 32.8 Å². The Kier molecular flexibility index (Phi) is 8.80. The molecule has 1 N–H and O–H groups in total. The number of carbonyl (C=O) groups is 1. The van der Waals surface area contributed by atoms with Crippen LogP contribution in [0.4, 0.5) is 0 Å². The summed E-state index contributed by atoms with van der Waals surface area (Å²) in [4.78, 5) is 11.7. The molecule has 158 valence electrons. The van der Waals surface area contributed by atoms with Crippen LogP contribution in [0.2, 0.25) is 0 Å². The number of aliphatic hydroxyl groups is 1. The predicted octanol–water partition coefficient (Wildman–Crippen LogP) is 3.95. The van der Waals surface area contributed by atoms with Crippen molar-refractivity contribution in [2.24, 2.45) is 5.92 Å². The molecular formula is C23H30O6. The smallest absolute Gasteiger partial charge is 0.344 e. The van der Waals surface area contributed by atoms with Crippen molar-refractivity contribution in [3.05, 3.63) is 53.6 Å². The Morgan fingerprint density at radius 3 is 2.48 bits per heavy atom. The minimum Gasteiger partial charge on any atom is -0.493 e. The molecule has 29 heavy (non-hydrogen) atoms. The Hall–Kier alpha value is -2.73. The zero-order valence-corrected chi connectivity index (χ0v) is 17.5. The van der Waals surface area contributed by atoms with Crippen LogP contribution in [-0.4, -0.2) is 38.5 Å². The number of ether oxygens (including phenoxy) is 4. The fraction of sp³-hybridized carbons (Fsp3) is 0.435. The van der Waals surface area contributed by atoms with Gasteiger partial charge in [-0.15, -0.1) is 0 Å². The van der Waals surface area contributed by atoms with Gasteiger partial charge >= 0.3 is 5.97 Å². The molecule has 0 heterocycles. The first-order chi connectivity index (χ1) is 13.9. The average molecular weight is 402 g/mol. The summed E-state index contributed by atoms with van der Waals surface area (Å²) in [6.07, 6.45) is 0.559. The summed E-state index contributed by atoms with van der Waals surface area (Å²) in [5.41, 5.74) is 1.78. The highest BCUT2D eigenvalue weighted by molar-refractivity contribution is 5.71. The lowest BCUT2D eigenvalue weighted by molar-refractivity contribution is -0.147. The van der Waals surface area contributed by atoms with Gasteiger partial charge in [-0.25, -0.2) is 4.79 Å². The lowest BCUT2D eigenvalue weighted by atomic mass is 10.0. The minimum absolute atomic E-state index is 0.155. The van der Waals surface area contributed by atoms with Gasteiger partial charge in [-0.1, -0.05) is 32.0 Å². The maximum absolute atomic E-state index is 11.7. The summed E-state index contributed by atoms with van der Waals surface area (Å²) in [5, 5.41) is 10.6. The maximum atomic E-state index is 11.7. The molecule has 6 nitrogen and oxygen atoms in total. The Morgan fingerprint density at radius 1 is 1.03 bits per heavy atom. The highest BCUT2D eigenvalue weighted by atomic mass is 16.6. The third kappa shape index (κ3) is 7.31. The van der Waals surface area contributed by atoms with Crippen LogP contribution in [-0.2, 0) is 16.0 Å². The SMILES string of the molecule is COc1ccc(CCC(O)c2cccc(OCC(=O)OCC(C)C)c2)cc1OC. The Bertz CT molecular complexity index is 787. The topological polar surface area (TPSA) is 74.2 Å². The predicted molar refractivity (Wildman–Crippen MR) is 111 cm³/mol. The lowest BCUT2D eigenvalue weighted by Crippen LogP contribution is -2.17. The molecule has 1 unspecified atom stereocenters. The van der Waals surface area contributed by atoms with E-state index in [1.807, 2.05) is 38.1 Å². The van der Waals surface area contributed by atoms with Crippen molar-refractivity contribution in [3.8, 4) is 17.2 Å². The molecule has 0 amide bonds. The first kappa shape index (κ1) is 22.6. The van der Waals surface area contributed by atoms with Gasteiger partial charge in [0.05, 0.1) is 26.9 Å². The lowest BCUT2D eigenvalue weighted by Gasteiger charge is -2.14. The van der Waals surface area contributed by atoms with Crippen molar-refractivity contribution in [3.63, 3.8) is 0 Å².